The van der Waals surface area contributed by atoms with Crippen LogP contribution in [-0.4, -0.2) is 16.0 Å². The van der Waals surface area contributed by atoms with Crippen LogP contribution in [0, 0.1) is 0 Å². The van der Waals surface area contributed by atoms with Gasteiger partial charge in [-0.15, -0.1) is 0 Å². The molecule has 0 saturated heterocycles. The van der Waals surface area contributed by atoms with E-state index >= 15 is 0 Å². The highest BCUT2D eigenvalue weighted by Gasteiger charge is 2.31. The predicted octanol–water partition coefficient (Wildman–Crippen LogP) is 2.31. The van der Waals surface area contributed by atoms with Crippen LogP contribution in [0.4, 0.5) is 0 Å². The molecular formula is C13H8O3. The average Bonchev–Trinajstić information content (AvgIpc) is 2.56. The summed E-state index contributed by atoms with van der Waals surface area (Å²) in [5, 5.41) is 19.3. The maximum Gasteiger partial charge on any atom is 0.201 e. The molecule has 0 aromatic heterocycles. The Morgan fingerprint density at radius 2 is 1.19 bits per heavy atom. The number of ketones is 1. The number of benzene rings is 2. The van der Waals surface area contributed by atoms with E-state index in [1.54, 1.807) is 24.3 Å². The van der Waals surface area contributed by atoms with E-state index in [1.807, 2.05) is 0 Å². The van der Waals surface area contributed by atoms with Gasteiger partial charge in [-0.05, 0) is 23.3 Å². The van der Waals surface area contributed by atoms with E-state index in [1.165, 1.54) is 12.1 Å². The minimum absolute atomic E-state index is 0.0434. The maximum atomic E-state index is 12.0. The molecular weight excluding hydrogens is 204 g/mol. The van der Waals surface area contributed by atoms with Gasteiger partial charge in [0.2, 0.25) is 5.78 Å². The normalized spacial score (nSPS) is 12.4. The van der Waals surface area contributed by atoms with Crippen molar-refractivity contribution >= 4 is 5.78 Å². The number of fused-ring (bicyclic) bond motifs is 3. The third kappa shape index (κ3) is 0.945. The molecule has 1 aliphatic carbocycles. The highest BCUT2D eigenvalue weighted by Crippen LogP contribution is 2.43. The molecule has 0 heterocycles. The van der Waals surface area contributed by atoms with Gasteiger partial charge in [0.05, 0.1) is 11.1 Å². The number of hydrogen-bond donors (Lipinski definition) is 2. The fraction of sp³-hybridized carbons (Fsp3) is 0. The first-order chi connectivity index (χ1) is 7.70. The lowest BCUT2D eigenvalue weighted by Crippen LogP contribution is -1.95. The smallest absolute Gasteiger partial charge is 0.201 e. The Morgan fingerprint density at radius 3 is 1.62 bits per heavy atom. The van der Waals surface area contributed by atoms with Crippen LogP contribution in [0.15, 0.2) is 36.4 Å². The SMILES string of the molecule is O=C1c2c(O)cccc2-c2cccc(O)c21. The molecule has 0 atom stereocenters. The molecule has 3 rings (SSSR count). The van der Waals surface area contributed by atoms with Crippen LogP contribution in [-0.2, 0) is 0 Å². The highest BCUT2D eigenvalue weighted by atomic mass is 16.3. The Bertz CT molecular complexity index is 561. The van der Waals surface area contributed by atoms with E-state index in [9.17, 15) is 15.0 Å². The summed E-state index contributed by atoms with van der Waals surface area (Å²) in [5.74, 6) is -0.405. The van der Waals surface area contributed by atoms with Crippen molar-refractivity contribution in [2.45, 2.75) is 0 Å². The largest absolute Gasteiger partial charge is 0.507 e. The van der Waals surface area contributed by atoms with Crippen LogP contribution < -0.4 is 0 Å². The zero-order chi connectivity index (χ0) is 11.3. The third-order valence-electron chi connectivity index (χ3n) is 2.83. The van der Waals surface area contributed by atoms with Crippen LogP contribution in [0.25, 0.3) is 11.1 Å². The molecule has 0 spiro atoms. The molecule has 16 heavy (non-hydrogen) atoms. The molecule has 0 aliphatic heterocycles. The summed E-state index contributed by atoms with van der Waals surface area (Å²) in [6.07, 6.45) is 0. The summed E-state index contributed by atoms with van der Waals surface area (Å²) in [6.45, 7) is 0. The van der Waals surface area contributed by atoms with Crippen molar-refractivity contribution in [3.8, 4) is 22.6 Å². The van der Waals surface area contributed by atoms with Gasteiger partial charge in [0.1, 0.15) is 11.5 Å². The van der Waals surface area contributed by atoms with Crippen molar-refractivity contribution in [2.75, 3.05) is 0 Å². The van der Waals surface area contributed by atoms with Crippen LogP contribution in [0.2, 0.25) is 0 Å². The van der Waals surface area contributed by atoms with Gasteiger partial charge < -0.3 is 10.2 Å². The summed E-state index contributed by atoms with van der Waals surface area (Å²) in [4.78, 5) is 12.0. The van der Waals surface area contributed by atoms with Crippen LogP contribution >= 0.6 is 0 Å². The third-order valence-corrected chi connectivity index (χ3v) is 2.83. The summed E-state index contributed by atoms with van der Waals surface area (Å²) in [6, 6.07) is 9.83. The molecule has 3 heteroatoms. The zero-order valence-corrected chi connectivity index (χ0v) is 8.27. The molecule has 1 aliphatic rings. The minimum Gasteiger partial charge on any atom is -0.507 e. The molecule has 0 amide bonds. The number of hydrogen-bond acceptors (Lipinski definition) is 3. The van der Waals surface area contributed by atoms with E-state index in [4.69, 9.17) is 0 Å². The Balaban J connectivity index is 2.44. The van der Waals surface area contributed by atoms with E-state index in [0.717, 1.165) is 0 Å². The second-order valence-corrected chi connectivity index (χ2v) is 3.73. The van der Waals surface area contributed by atoms with Crippen molar-refractivity contribution in [3.05, 3.63) is 47.5 Å². The fourth-order valence-electron chi connectivity index (χ4n) is 2.13. The fourth-order valence-corrected chi connectivity index (χ4v) is 2.13. The summed E-state index contributed by atoms with van der Waals surface area (Å²) >= 11 is 0. The average molecular weight is 212 g/mol. The quantitative estimate of drug-likeness (QED) is 0.601. The number of carbonyl (C=O) groups excluding carboxylic acids is 1. The molecule has 2 aromatic carbocycles. The van der Waals surface area contributed by atoms with Gasteiger partial charge in [-0.1, -0.05) is 24.3 Å². The molecule has 0 saturated carbocycles. The first-order valence-corrected chi connectivity index (χ1v) is 4.89. The van der Waals surface area contributed by atoms with E-state index < -0.39 is 0 Å². The Hall–Kier alpha value is -2.29. The van der Waals surface area contributed by atoms with Gasteiger partial charge in [-0.25, -0.2) is 0 Å². The van der Waals surface area contributed by atoms with E-state index in [2.05, 4.69) is 0 Å². The standard InChI is InChI=1S/C13H8O3/c14-9-5-1-3-7-8-4-2-6-10(15)12(8)13(16)11(7)9/h1-6,14-15H. The predicted molar refractivity (Wildman–Crippen MR) is 58.6 cm³/mol. The van der Waals surface area contributed by atoms with Gasteiger partial charge in [-0.2, -0.15) is 0 Å². The number of phenolic OH excluding ortho intramolecular Hbond substituents is 2. The van der Waals surface area contributed by atoms with Crippen molar-refractivity contribution in [1.29, 1.82) is 0 Å². The van der Waals surface area contributed by atoms with Crippen molar-refractivity contribution in [1.82, 2.24) is 0 Å². The lowest BCUT2D eigenvalue weighted by Gasteiger charge is -2.00. The Labute approximate surface area is 91.6 Å². The zero-order valence-electron chi connectivity index (χ0n) is 8.27. The summed E-state index contributed by atoms with van der Waals surface area (Å²) in [5.41, 5.74) is 1.91. The maximum absolute atomic E-state index is 12.0. The molecule has 0 radical (unpaired) electrons. The molecule has 78 valence electrons. The minimum atomic E-state index is -0.318. The second kappa shape index (κ2) is 2.85. The molecule has 3 nitrogen and oxygen atoms in total. The van der Waals surface area contributed by atoms with Gasteiger partial charge >= 0.3 is 0 Å². The van der Waals surface area contributed by atoms with E-state index in [0.29, 0.717) is 11.1 Å². The van der Waals surface area contributed by atoms with Gasteiger partial charge in [-0.3, -0.25) is 4.79 Å². The monoisotopic (exact) mass is 212 g/mol. The lowest BCUT2D eigenvalue weighted by atomic mass is 10.1. The van der Waals surface area contributed by atoms with Gasteiger partial charge in [0, 0.05) is 0 Å². The first-order valence-electron chi connectivity index (χ1n) is 4.89. The number of aromatic hydroxyl groups is 2. The Morgan fingerprint density at radius 1 is 0.750 bits per heavy atom. The number of phenols is 2. The first kappa shape index (κ1) is 8.97. The van der Waals surface area contributed by atoms with Crippen molar-refractivity contribution < 1.29 is 15.0 Å². The van der Waals surface area contributed by atoms with Crippen molar-refractivity contribution in [3.63, 3.8) is 0 Å². The lowest BCUT2D eigenvalue weighted by molar-refractivity contribution is 0.103. The van der Waals surface area contributed by atoms with Crippen LogP contribution in [0.3, 0.4) is 0 Å². The molecule has 0 unspecified atom stereocenters. The Kier molecular flexibility index (Phi) is 1.60. The molecule has 0 fully saturated rings. The number of carbonyl (C=O) groups is 1. The second-order valence-electron chi connectivity index (χ2n) is 3.73. The van der Waals surface area contributed by atoms with Gasteiger partial charge in [0.25, 0.3) is 0 Å². The molecule has 2 N–H and O–H groups in total. The van der Waals surface area contributed by atoms with Crippen LogP contribution in [0.1, 0.15) is 15.9 Å². The van der Waals surface area contributed by atoms with E-state index in [-0.39, 0.29) is 28.4 Å². The van der Waals surface area contributed by atoms with Crippen LogP contribution in [0.5, 0.6) is 11.5 Å². The summed E-state index contributed by atoms with van der Waals surface area (Å²) in [7, 11) is 0. The molecule has 0 bridgehead atoms. The van der Waals surface area contributed by atoms with Gasteiger partial charge in [0.15, 0.2) is 0 Å². The summed E-state index contributed by atoms with van der Waals surface area (Å²) < 4.78 is 0. The topological polar surface area (TPSA) is 57.5 Å². The molecule has 2 aromatic rings. The number of rotatable bonds is 0. The highest BCUT2D eigenvalue weighted by molar-refractivity contribution is 6.24. The van der Waals surface area contributed by atoms with Crippen molar-refractivity contribution in [2.24, 2.45) is 0 Å².